The zero-order valence-corrected chi connectivity index (χ0v) is 16.9. The van der Waals surface area contributed by atoms with Gasteiger partial charge in [-0.15, -0.1) is 10.2 Å². The third kappa shape index (κ3) is 3.37. The molecular formula is C23H23FN4O3. The monoisotopic (exact) mass is 422 g/mol. The molecule has 1 aromatic carbocycles. The molecular weight excluding hydrogens is 399 g/mol. The molecule has 3 atom stereocenters. The predicted octanol–water partition coefficient (Wildman–Crippen LogP) is 3.28. The molecule has 0 radical (unpaired) electrons. The Morgan fingerprint density at radius 3 is 2.90 bits per heavy atom. The van der Waals surface area contributed by atoms with Crippen molar-refractivity contribution in [1.82, 2.24) is 20.1 Å². The molecule has 31 heavy (non-hydrogen) atoms. The summed E-state index contributed by atoms with van der Waals surface area (Å²) < 4.78 is 20.2. The minimum atomic E-state index is -1.12. The molecule has 2 fully saturated rings. The summed E-state index contributed by atoms with van der Waals surface area (Å²) in [6.45, 7) is 5.08. The zero-order chi connectivity index (χ0) is 21.5. The number of nitrogens with zero attached hydrogens (tertiary/aromatic N) is 3. The number of phenolic OH excluding ortho intramolecular Hbond substituents is 1. The van der Waals surface area contributed by atoms with Crippen LogP contribution in [0.1, 0.15) is 29.5 Å². The lowest BCUT2D eigenvalue weighted by Gasteiger charge is -2.18. The van der Waals surface area contributed by atoms with Crippen molar-refractivity contribution in [2.75, 3.05) is 26.3 Å². The number of hydrogen-bond acceptors (Lipinski definition) is 5. The molecule has 2 N–H and O–H groups in total. The lowest BCUT2D eigenvalue weighted by molar-refractivity contribution is -0.125. The Hall–Kier alpha value is -3.26. The first-order valence-electron chi connectivity index (χ1n) is 10.4. The van der Waals surface area contributed by atoms with E-state index in [-0.39, 0.29) is 30.8 Å². The number of amides is 1. The first kappa shape index (κ1) is 19.7. The highest BCUT2D eigenvalue weighted by Crippen LogP contribution is 2.41. The highest BCUT2D eigenvalue weighted by atomic mass is 19.1. The predicted molar refractivity (Wildman–Crippen MR) is 114 cm³/mol. The number of phenols is 1. The summed E-state index contributed by atoms with van der Waals surface area (Å²) in [6.07, 6.45) is 0.969. The van der Waals surface area contributed by atoms with E-state index in [0.717, 1.165) is 23.1 Å². The molecule has 0 bridgehead atoms. The van der Waals surface area contributed by atoms with Gasteiger partial charge < -0.3 is 19.7 Å². The molecule has 2 aliphatic heterocycles. The Balaban J connectivity index is 1.63. The van der Waals surface area contributed by atoms with E-state index in [1.165, 1.54) is 6.08 Å². The van der Waals surface area contributed by atoms with Crippen molar-refractivity contribution in [2.45, 2.75) is 24.4 Å². The fourth-order valence-corrected chi connectivity index (χ4v) is 4.69. The van der Waals surface area contributed by atoms with E-state index < -0.39 is 12.1 Å². The second kappa shape index (κ2) is 7.77. The van der Waals surface area contributed by atoms with Gasteiger partial charge in [0.2, 0.25) is 5.91 Å². The quantitative estimate of drug-likeness (QED) is 0.630. The number of likely N-dealkylation sites (tertiary alicyclic amines) is 1. The van der Waals surface area contributed by atoms with Crippen LogP contribution < -0.4 is 0 Å². The summed E-state index contributed by atoms with van der Waals surface area (Å²) in [7, 11) is 0. The Bertz CT molecular complexity index is 1160. The number of para-hydroxylation sites is 1. The number of H-pyrrole nitrogens is 1. The van der Waals surface area contributed by atoms with E-state index in [1.54, 1.807) is 23.1 Å². The average molecular weight is 422 g/mol. The van der Waals surface area contributed by atoms with E-state index in [4.69, 9.17) is 4.74 Å². The van der Waals surface area contributed by atoms with Crippen LogP contribution in [0.5, 0.6) is 5.75 Å². The van der Waals surface area contributed by atoms with Crippen LogP contribution in [-0.4, -0.2) is 63.6 Å². The fraction of sp³-hybridized carbons (Fsp3) is 0.348. The second-order valence-corrected chi connectivity index (χ2v) is 8.10. The molecule has 2 saturated heterocycles. The summed E-state index contributed by atoms with van der Waals surface area (Å²) >= 11 is 0. The number of alkyl halides is 1. The van der Waals surface area contributed by atoms with Crippen LogP contribution in [0.25, 0.3) is 22.3 Å². The maximum Gasteiger partial charge on any atom is 0.245 e. The van der Waals surface area contributed by atoms with E-state index in [2.05, 4.69) is 21.8 Å². The van der Waals surface area contributed by atoms with Crippen LogP contribution in [0.4, 0.5) is 4.39 Å². The summed E-state index contributed by atoms with van der Waals surface area (Å²) in [4.78, 5) is 17.2. The fourth-order valence-electron chi connectivity index (χ4n) is 4.69. The number of ether oxygens (including phenoxy) is 1. The lowest BCUT2D eigenvalue weighted by atomic mass is 9.89. The number of carbonyl (C=O) groups is 1. The van der Waals surface area contributed by atoms with Gasteiger partial charge in [0, 0.05) is 41.6 Å². The number of halogens is 1. The smallest absolute Gasteiger partial charge is 0.245 e. The van der Waals surface area contributed by atoms with Crippen LogP contribution >= 0.6 is 0 Å². The number of aromatic hydroxyl groups is 1. The third-order valence-corrected chi connectivity index (χ3v) is 6.27. The molecule has 2 aliphatic rings. The van der Waals surface area contributed by atoms with Crippen molar-refractivity contribution >= 4 is 16.9 Å². The van der Waals surface area contributed by atoms with Gasteiger partial charge in [-0.05, 0) is 36.3 Å². The Kier molecular flexibility index (Phi) is 4.94. The maximum absolute atomic E-state index is 14.8. The van der Waals surface area contributed by atoms with Crippen molar-refractivity contribution < 1.29 is 19.0 Å². The maximum atomic E-state index is 14.8. The van der Waals surface area contributed by atoms with Gasteiger partial charge in [0.1, 0.15) is 11.9 Å². The van der Waals surface area contributed by atoms with E-state index in [1.807, 2.05) is 12.1 Å². The number of nitrogens with one attached hydrogen (secondary N) is 1. The number of benzene rings is 1. The number of aromatic nitrogens is 3. The topological polar surface area (TPSA) is 91.3 Å². The number of fused-ring (bicyclic) bond motifs is 1. The first-order valence-corrected chi connectivity index (χ1v) is 10.4. The molecule has 0 saturated carbocycles. The van der Waals surface area contributed by atoms with E-state index in [9.17, 15) is 14.3 Å². The number of hydrogen-bond donors (Lipinski definition) is 2. The van der Waals surface area contributed by atoms with Crippen LogP contribution in [0.15, 0.2) is 43.0 Å². The third-order valence-electron chi connectivity index (χ3n) is 6.27. The summed E-state index contributed by atoms with van der Waals surface area (Å²) in [5, 5.41) is 19.6. The molecule has 3 aromatic rings. The van der Waals surface area contributed by atoms with Gasteiger partial charge in [0.05, 0.1) is 18.9 Å². The normalized spacial score (nSPS) is 23.5. The average Bonchev–Trinajstić information content (AvgIpc) is 3.50. The van der Waals surface area contributed by atoms with Gasteiger partial charge in [0.25, 0.3) is 0 Å². The lowest BCUT2D eigenvalue weighted by Crippen LogP contribution is -2.26. The molecule has 2 aromatic heterocycles. The molecule has 0 aliphatic carbocycles. The van der Waals surface area contributed by atoms with Crippen LogP contribution in [0.3, 0.4) is 0 Å². The van der Waals surface area contributed by atoms with Gasteiger partial charge >= 0.3 is 0 Å². The van der Waals surface area contributed by atoms with Crippen molar-refractivity contribution in [2.24, 2.45) is 0 Å². The molecule has 0 spiro atoms. The van der Waals surface area contributed by atoms with Crippen molar-refractivity contribution in [3.8, 4) is 17.0 Å². The highest BCUT2D eigenvalue weighted by Gasteiger charge is 2.37. The molecule has 4 heterocycles. The number of rotatable bonds is 4. The van der Waals surface area contributed by atoms with Crippen molar-refractivity contribution in [3.05, 3.63) is 54.2 Å². The summed E-state index contributed by atoms with van der Waals surface area (Å²) in [6, 6.07) is 8.77. The van der Waals surface area contributed by atoms with Gasteiger partial charge in [-0.25, -0.2) is 4.39 Å². The van der Waals surface area contributed by atoms with Crippen LogP contribution in [-0.2, 0) is 9.53 Å². The minimum Gasteiger partial charge on any atom is -0.507 e. The Morgan fingerprint density at radius 1 is 1.32 bits per heavy atom. The van der Waals surface area contributed by atoms with Crippen molar-refractivity contribution in [1.29, 1.82) is 0 Å². The summed E-state index contributed by atoms with van der Waals surface area (Å²) in [5.41, 5.74) is 3.37. The first-order chi connectivity index (χ1) is 15.1. The van der Waals surface area contributed by atoms with Crippen LogP contribution in [0, 0.1) is 0 Å². The van der Waals surface area contributed by atoms with Gasteiger partial charge in [-0.2, -0.15) is 0 Å². The Morgan fingerprint density at radius 2 is 2.16 bits per heavy atom. The Labute approximate surface area is 178 Å². The van der Waals surface area contributed by atoms with Gasteiger partial charge in [0.15, 0.2) is 5.65 Å². The largest absolute Gasteiger partial charge is 0.507 e. The highest BCUT2D eigenvalue weighted by molar-refractivity contribution is 5.88. The second-order valence-electron chi connectivity index (χ2n) is 8.10. The standard InChI is InChI=1S/C23H23FN4O3/c1-2-20(30)28-8-7-13(10-28)22-21(16-11-31-12-17(16)24)15-9-18(26-27-23(15)25-22)14-5-3-4-6-19(14)29/h2-6,9,13,16-17,29H,1,7-8,10-12H2,(H,25,27)/t13-,16?,17?/m1/s1. The molecule has 1 amide bonds. The number of carbonyl (C=O) groups excluding carboxylic acids is 1. The zero-order valence-electron chi connectivity index (χ0n) is 16.9. The van der Waals surface area contributed by atoms with E-state index >= 15 is 0 Å². The summed E-state index contributed by atoms with van der Waals surface area (Å²) in [5.74, 6) is -0.381. The molecule has 8 heteroatoms. The van der Waals surface area contributed by atoms with Gasteiger partial charge in [-0.1, -0.05) is 18.7 Å². The number of aromatic amines is 1. The molecule has 2 unspecified atom stereocenters. The van der Waals surface area contributed by atoms with Crippen LogP contribution in [0.2, 0.25) is 0 Å². The molecule has 7 nitrogen and oxygen atoms in total. The SMILES string of the molecule is C=CC(=O)N1CC[C@@H](c2[nH]c3nnc(-c4ccccc4O)cc3c2C2COCC2F)C1. The van der Waals surface area contributed by atoms with E-state index in [0.29, 0.717) is 30.0 Å². The van der Waals surface area contributed by atoms with Crippen molar-refractivity contribution in [3.63, 3.8) is 0 Å². The van der Waals surface area contributed by atoms with Gasteiger partial charge in [-0.3, -0.25) is 4.79 Å². The molecule has 5 rings (SSSR count). The minimum absolute atomic E-state index is 0.0366. The molecule has 160 valence electrons.